The van der Waals surface area contributed by atoms with E-state index in [1.165, 1.54) is 0 Å². The van der Waals surface area contributed by atoms with Gasteiger partial charge >= 0.3 is 0 Å². The zero-order valence-electron chi connectivity index (χ0n) is 15.0. The molecule has 0 saturated heterocycles. The first-order chi connectivity index (χ1) is 12.6. The Morgan fingerprint density at radius 1 is 1.00 bits per heavy atom. The molecule has 2 N–H and O–H groups in total. The standard InChI is InChI=1S/C21H21N3O2/c1-14-7-6-8-15(2)20(14)23-17-11-16(12-22-13-17)21(25)24-18-9-4-5-10-19(18)26-3/h4-13,23H,1-3H3,(H,24,25). The third-order valence-corrected chi connectivity index (χ3v) is 4.11. The Kier molecular flexibility index (Phi) is 5.17. The summed E-state index contributed by atoms with van der Waals surface area (Å²) in [6.07, 6.45) is 3.24. The third kappa shape index (κ3) is 3.83. The van der Waals surface area contributed by atoms with Crippen molar-refractivity contribution in [2.45, 2.75) is 13.8 Å². The summed E-state index contributed by atoms with van der Waals surface area (Å²) in [5.41, 5.74) is 5.13. The lowest BCUT2D eigenvalue weighted by atomic mass is 10.1. The van der Waals surface area contributed by atoms with Gasteiger partial charge in [-0.3, -0.25) is 9.78 Å². The molecule has 1 aromatic heterocycles. The molecular weight excluding hydrogens is 326 g/mol. The van der Waals surface area contributed by atoms with Gasteiger partial charge in [0.1, 0.15) is 5.75 Å². The van der Waals surface area contributed by atoms with Crippen molar-refractivity contribution in [1.29, 1.82) is 0 Å². The van der Waals surface area contributed by atoms with Crippen LogP contribution in [0.15, 0.2) is 60.9 Å². The number of carbonyl (C=O) groups is 1. The molecule has 1 heterocycles. The summed E-state index contributed by atoms with van der Waals surface area (Å²) in [5, 5.41) is 6.21. The Morgan fingerprint density at radius 3 is 2.46 bits per heavy atom. The third-order valence-electron chi connectivity index (χ3n) is 4.11. The molecule has 0 atom stereocenters. The number of anilines is 3. The second-order valence-electron chi connectivity index (χ2n) is 6.01. The van der Waals surface area contributed by atoms with Crippen molar-refractivity contribution in [3.8, 4) is 5.75 Å². The summed E-state index contributed by atoms with van der Waals surface area (Å²) in [7, 11) is 1.57. The summed E-state index contributed by atoms with van der Waals surface area (Å²) in [6, 6.07) is 15.2. The van der Waals surface area contributed by atoms with Crippen LogP contribution in [0, 0.1) is 13.8 Å². The number of aromatic nitrogens is 1. The van der Waals surface area contributed by atoms with Crippen LogP contribution in [0.3, 0.4) is 0 Å². The number of nitrogens with one attached hydrogen (secondary N) is 2. The Bertz CT molecular complexity index is 918. The maximum atomic E-state index is 12.6. The van der Waals surface area contributed by atoms with Gasteiger partial charge < -0.3 is 15.4 Å². The maximum absolute atomic E-state index is 12.6. The molecule has 0 aliphatic carbocycles. The number of nitrogens with zero attached hydrogens (tertiary/aromatic N) is 1. The maximum Gasteiger partial charge on any atom is 0.257 e. The average Bonchev–Trinajstić information content (AvgIpc) is 2.65. The Labute approximate surface area is 153 Å². The molecule has 0 saturated carbocycles. The van der Waals surface area contributed by atoms with Crippen molar-refractivity contribution in [3.05, 3.63) is 77.6 Å². The highest BCUT2D eigenvalue weighted by molar-refractivity contribution is 6.05. The number of rotatable bonds is 5. The van der Waals surface area contributed by atoms with Crippen molar-refractivity contribution in [3.63, 3.8) is 0 Å². The first-order valence-electron chi connectivity index (χ1n) is 8.31. The predicted octanol–water partition coefficient (Wildman–Crippen LogP) is 4.70. The Morgan fingerprint density at radius 2 is 1.73 bits per heavy atom. The van der Waals surface area contributed by atoms with Crippen LogP contribution in [-0.4, -0.2) is 18.0 Å². The number of aryl methyl sites for hydroxylation is 2. The number of ether oxygens (including phenoxy) is 1. The van der Waals surface area contributed by atoms with Crippen molar-refractivity contribution in [2.75, 3.05) is 17.7 Å². The van der Waals surface area contributed by atoms with Gasteiger partial charge in [0, 0.05) is 11.9 Å². The summed E-state index contributed by atoms with van der Waals surface area (Å²) in [6.45, 7) is 4.09. The normalized spacial score (nSPS) is 10.3. The molecule has 5 heteroatoms. The molecule has 0 fully saturated rings. The lowest BCUT2D eigenvalue weighted by Crippen LogP contribution is -2.13. The van der Waals surface area contributed by atoms with Crippen LogP contribution in [-0.2, 0) is 0 Å². The smallest absolute Gasteiger partial charge is 0.257 e. The molecule has 132 valence electrons. The molecule has 1 amide bonds. The molecule has 26 heavy (non-hydrogen) atoms. The number of para-hydroxylation sites is 3. The van der Waals surface area contributed by atoms with Crippen LogP contribution in [0.25, 0.3) is 0 Å². The predicted molar refractivity (Wildman–Crippen MR) is 104 cm³/mol. The first kappa shape index (κ1) is 17.5. The Balaban J connectivity index is 1.82. The summed E-state index contributed by atoms with van der Waals surface area (Å²) >= 11 is 0. The fraction of sp³-hybridized carbons (Fsp3) is 0.143. The molecule has 5 nitrogen and oxygen atoms in total. The highest BCUT2D eigenvalue weighted by Gasteiger charge is 2.11. The van der Waals surface area contributed by atoms with E-state index in [-0.39, 0.29) is 5.91 Å². The molecular formula is C21H21N3O2. The lowest BCUT2D eigenvalue weighted by molar-refractivity contribution is 0.102. The first-order valence-corrected chi connectivity index (χ1v) is 8.31. The summed E-state index contributed by atoms with van der Waals surface area (Å²) in [5.74, 6) is 0.366. The molecule has 0 aliphatic heterocycles. The molecule has 0 unspecified atom stereocenters. The molecule has 0 bridgehead atoms. The van der Waals surface area contributed by atoms with E-state index in [0.717, 1.165) is 22.5 Å². The van der Waals surface area contributed by atoms with E-state index in [2.05, 4.69) is 15.6 Å². The number of amides is 1. The SMILES string of the molecule is COc1ccccc1NC(=O)c1cncc(Nc2c(C)cccc2C)c1. The highest BCUT2D eigenvalue weighted by Crippen LogP contribution is 2.26. The van der Waals surface area contributed by atoms with E-state index >= 15 is 0 Å². The van der Waals surface area contributed by atoms with Crippen molar-refractivity contribution in [1.82, 2.24) is 4.98 Å². The van der Waals surface area contributed by atoms with Gasteiger partial charge in [0.25, 0.3) is 5.91 Å². The highest BCUT2D eigenvalue weighted by atomic mass is 16.5. The molecule has 3 aromatic rings. The van der Waals surface area contributed by atoms with E-state index < -0.39 is 0 Å². The van der Waals surface area contributed by atoms with Gasteiger partial charge in [-0.15, -0.1) is 0 Å². The van der Waals surface area contributed by atoms with E-state index in [1.807, 2.05) is 44.2 Å². The monoisotopic (exact) mass is 347 g/mol. The minimum Gasteiger partial charge on any atom is -0.495 e. The van der Waals surface area contributed by atoms with Crippen LogP contribution in [0.5, 0.6) is 5.75 Å². The number of pyridine rings is 1. The van der Waals surface area contributed by atoms with Crippen LogP contribution >= 0.6 is 0 Å². The molecule has 0 radical (unpaired) electrons. The van der Waals surface area contributed by atoms with Crippen LogP contribution < -0.4 is 15.4 Å². The number of benzene rings is 2. The van der Waals surface area contributed by atoms with Crippen LogP contribution in [0.2, 0.25) is 0 Å². The van der Waals surface area contributed by atoms with Gasteiger partial charge in [-0.25, -0.2) is 0 Å². The fourth-order valence-electron chi connectivity index (χ4n) is 2.73. The lowest BCUT2D eigenvalue weighted by Gasteiger charge is -2.13. The van der Waals surface area contributed by atoms with E-state index in [4.69, 9.17) is 4.74 Å². The van der Waals surface area contributed by atoms with Gasteiger partial charge in [0.15, 0.2) is 0 Å². The molecule has 2 aromatic carbocycles. The Hall–Kier alpha value is -3.34. The largest absolute Gasteiger partial charge is 0.495 e. The van der Waals surface area contributed by atoms with Gasteiger partial charge in [0.05, 0.1) is 30.2 Å². The number of hydrogen-bond acceptors (Lipinski definition) is 4. The second-order valence-corrected chi connectivity index (χ2v) is 6.01. The number of hydrogen-bond donors (Lipinski definition) is 2. The van der Waals surface area contributed by atoms with Crippen LogP contribution in [0.4, 0.5) is 17.1 Å². The molecule has 0 aliphatic rings. The minimum absolute atomic E-state index is 0.243. The summed E-state index contributed by atoms with van der Waals surface area (Å²) in [4.78, 5) is 16.8. The van der Waals surface area contributed by atoms with E-state index in [0.29, 0.717) is 17.0 Å². The zero-order valence-corrected chi connectivity index (χ0v) is 15.0. The fourth-order valence-corrected chi connectivity index (χ4v) is 2.73. The second kappa shape index (κ2) is 7.70. The number of methoxy groups -OCH3 is 1. The average molecular weight is 347 g/mol. The van der Waals surface area contributed by atoms with E-state index in [9.17, 15) is 4.79 Å². The minimum atomic E-state index is -0.243. The molecule has 3 rings (SSSR count). The van der Waals surface area contributed by atoms with Crippen molar-refractivity contribution in [2.24, 2.45) is 0 Å². The van der Waals surface area contributed by atoms with Crippen LogP contribution in [0.1, 0.15) is 21.5 Å². The topological polar surface area (TPSA) is 63.2 Å². The van der Waals surface area contributed by atoms with Crippen molar-refractivity contribution >= 4 is 23.0 Å². The zero-order chi connectivity index (χ0) is 18.5. The van der Waals surface area contributed by atoms with Gasteiger partial charge in [-0.1, -0.05) is 30.3 Å². The van der Waals surface area contributed by atoms with Crippen molar-refractivity contribution < 1.29 is 9.53 Å². The van der Waals surface area contributed by atoms with Gasteiger partial charge in [-0.2, -0.15) is 0 Å². The van der Waals surface area contributed by atoms with E-state index in [1.54, 1.807) is 37.7 Å². The van der Waals surface area contributed by atoms with Gasteiger partial charge in [0.2, 0.25) is 0 Å². The number of carbonyl (C=O) groups excluding carboxylic acids is 1. The summed E-state index contributed by atoms with van der Waals surface area (Å²) < 4.78 is 5.27. The quantitative estimate of drug-likeness (QED) is 0.702. The molecule has 0 spiro atoms. The van der Waals surface area contributed by atoms with Gasteiger partial charge in [-0.05, 0) is 43.2 Å².